The summed E-state index contributed by atoms with van der Waals surface area (Å²) in [5.41, 5.74) is 5.22. The molecule has 5 heterocycles. The number of fused-ring (bicyclic) bond motifs is 1. The van der Waals surface area contributed by atoms with E-state index >= 15 is 0 Å². The van der Waals surface area contributed by atoms with Crippen LogP contribution in [0, 0.1) is 5.41 Å². The Morgan fingerprint density at radius 3 is 2.43 bits per heavy atom. The van der Waals surface area contributed by atoms with Gasteiger partial charge in [-0.2, -0.15) is 0 Å². The van der Waals surface area contributed by atoms with E-state index in [-0.39, 0.29) is 35.2 Å². The summed E-state index contributed by atoms with van der Waals surface area (Å²) in [5.74, 6) is 0.769. The van der Waals surface area contributed by atoms with E-state index in [2.05, 4.69) is 15.5 Å². The first-order valence-corrected chi connectivity index (χ1v) is 18.8. The number of aliphatic imine (C=N–C) groups is 1. The Balaban J connectivity index is 0.932. The van der Waals surface area contributed by atoms with Crippen LogP contribution < -0.4 is 20.4 Å². The first kappa shape index (κ1) is 32.1. The Bertz CT molecular complexity index is 2050. The molecule has 11 heteroatoms. The summed E-state index contributed by atoms with van der Waals surface area (Å²) in [5, 5.41) is 6.14. The highest BCUT2D eigenvalue weighted by Gasteiger charge is 2.45. The number of para-hydroxylation sites is 2. The van der Waals surface area contributed by atoms with E-state index in [0.29, 0.717) is 33.3 Å². The molecular weight excluding hydrogens is 661 g/mol. The van der Waals surface area contributed by atoms with E-state index in [9.17, 15) is 14.4 Å². The molecule has 2 aliphatic carbocycles. The quantitative estimate of drug-likeness (QED) is 0.206. The molecular formula is C40H40N6O4S. The molecule has 0 radical (unpaired) electrons. The summed E-state index contributed by atoms with van der Waals surface area (Å²) in [4.78, 5) is 56.1. The molecule has 3 amide bonds. The summed E-state index contributed by atoms with van der Waals surface area (Å²) >= 11 is 1.40. The fourth-order valence-electron chi connectivity index (χ4n) is 7.54. The molecule has 10 nitrogen and oxygen atoms in total. The van der Waals surface area contributed by atoms with Gasteiger partial charge in [-0.05, 0) is 112 Å². The Morgan fingerprint density at radius 2 is 1.69 bits per heavy atom. The average molecular weight is 701 g/mol. The second kappa shape index (κ2) is 12.7. The van der Waals surface area contributed by atoms with Crippen LogP contribution in [0.4, 0.5) is 22.9 Å². The molecule has 0 bridgehead atoms. The van der Waals surface area contributed by atoms with E-state index in [0.717, 1.165) is 92.5 Å². The number of rotatable bonds is 8. The predicted molar refractivity (Wildman–Crippen MR) is 199 cm³/mol. The number of thiophene rings is 1. The van der Waals surface area contributed by atoms with Crippen molar-refractivity contribution in [3.05, 3.63) is 99.4 Å². The number of pyridine rings is 1. The molecule has 9 rings (SSSR count). The highest BCUT2D eigenvalue weighted by Crippen LogP contribution is 2.45. The Kier molecular flexibility index (Phi) is 8.00. The van der Waals surface area contributed by atoms with Gasteiger partial charge < -0.3 is 20.3 Å². The maximum absolute atomic E-state index is 14.2. The number of nitrogens with zero attached hydrogens (tertiary/aromatic N) is 4. The molecule has 4 aromatic rings. The minimum atomic E-state index is -0.379. The van der Waals surface area contributed by atoms with Crippen molar-refractivity contribution in [3.8, 4) is 0 Å². The maximum atomic E-state index is 14.2. The van der Waals surface area contributed by atoms with Gasteiger partial charge in [0.1, 0.15) is 5.82 Å². The van der Waals surface area contributed by atoms with Crippen LogP contribution in [0.1, 0.15) is 92.2 Å². The smallest absolute Gasteiger partial charge is 0.261 e. The van der Waals surface area contributed by atoms with Gasteiger partial charge in [0.15, 0.2) is 0 Å². The largest absolute Gasteiger partial charge is 0.381 e. The lowest BCUT2D eigenvalue weighted by atomic mass is 9.73. The predicted octanol–water partition coefficient (Wildman–Crippen LogP) is 6.95. The zero-order chi connectivity index (χ0) is 34.7. The van der Waals surface area contributed by atoms with Gasteiger partial charge in [0.25, 0.3) is 17.7 Å². The number of aromatic nitrogens is 1. The van der Waals surface area contributed by atoms with E-state index in [1.54, 1.807) is 29.2 Å². The molecule has 3 aliphatic heterocycles. The van der Waals surface area contributed by atoms with Crippen LogP contribution in [0.3, 0.4) is 0 Å². The van der Waals surface area contributed by atoms with Crippen LogP contribution in [0.5, 0.6) is 0 Å². The van der Waals surface area contributed by atoms with E-state index in [1.165, 1.54) is 11.3 Å². The lowest BCUT2D eigenvalue weighted by Gasteiger charge is -2.53. The van der Waals surface area contributed by atoms with Crippen LogP contribution in [0.15, 0.2) is 77.9 Å². The summed E-state index contributed by atoms with van der Waals surface area (Å²) < 4.78 is 5.60. The van der Waals surface area contributed by atoms with Crippen molar-refractivity contribution in [2.24, 2.45) is 10.4 Å². The highest BCUT2D eigenvalue weighted by molar-refractivity contribution is 7.16. The minimum absolute atomic E-state index is 0.0645. The number of anilines is 3. The minimum Gasteiger partial charge on any atom is -0.381 e. The van der Waals surface area contributed by atoms with Crippen molar-refractivity contribution in [1.29, 1.82) is 0 Å². The summed E-state index contributed by atoms with van der Waals surface area (Å²) in [6.07, 6.45) is 8.33. The standard InChI is InChI=1S/C40H40N6O4S/c1-24-35(33-14-15-34(51-33)38(48)43-29-12-13-29)44-31-4-2-3-5-32(31)46(24)39(49)26-8-10-28(11-9-26)42-37(47)30-20-27(25-6-7-25)21-41-36(30)45-22-40(23-45)16-18-50-19-17-40/h2-5,8-11,14-15,20-21,24-25,29H,6-7,12-13,16-19,22-23H2,1H3,(H,42,47)(H,43,48)/t24-/m1/s1. The third kappa shape index (κ3) is 6.22. The van der Waals surface area contributed by atoms with Gasteiger partial charge in [-0.3, -0.25) is 19.3 Å². The number of carbonyl (C=O) groups excluding carboxylic acids is 3. The molecule has 260 valence electrons. The lowest BCUT2D eigenvalue weighted by molar-refractivity contribution is -0.000512. The number of hydrogen-bond donors (Lipinski definition) is 2. The van der Waals surface area contributed by atoms with Gasteiger partial charge in [-0.1, -0.05) is 12.1 Å². The van der Waals surface area contributed by atoms with Crippen molar-refractivity contribution in [3.63, 3.8) is 0 Å². The molecule has 2 saturated carbocycles. The van der Waals surface area contributed by atoms with Crippen LogP contribution in [0.25, 0.3) is 0 Å². The zero-order valence-electron chi connectivity index (χ0n) is 28.6. The SMILES string of the molecule is C[C@@H]1C(c2ccc(C(=O)NC3CC3)s2)=Nc2ccccc2N1C(=O)c1ccc(NC(=O)c2cc(C3CC3)cnc2N2CC3(CCOCC3)C2)cc1. The third-order valence-corrected chi connectivity index (χ3v) is 12.0. The van der Waals surface area contributed by atoms with E-state index in [1.807, 2.05) is 55.6 Å². The van der Waals surface area contributed by atoms with Gasteiger partial charge in [0, 0.05) is 55.2 Å². The van der Waals surface area contributed by atoms with Gasteiger partial charge in [0.05, 0.1) is 38.4 Å². The van der Waals surface area contributed by atoms with Gasteiger partial charge >= 0.3 is 0 Å². The Morgan fingerprint density at radius 1 is 0.922 bits per heavy atom. The summed E-state index contributed by atoms with van der Waals surface area (Å²) in [6, 6.07) is 20.4. The van der Waals surface area contributed by atoms with Crippen LogP contribution >= 0.6 is 11.3 Å². The van der Waals surface area contributed by atoms with Crippen molar-refractivity contribution in [1.82, 2.24) is 10.3 Å². The van der Waals surface area contributed by atoms with Gasteiger partial charge in [-0.15, -0.1) is 11.3 Å². The second-order valence-electron chi connectivity index (χ2n) is 14.7. The Hall–Kier alpha value is -4.87. The fraction of sp³-hybridized carbons (Fsp3) is 0.375. The number of carbonyl (C=O) groups is 3. The number of ether oxygens (including phenoxy) is 1. The van der Waals surface area contributed by atoms with Gasteiger partial charge in [0.2, 0.25) is 0 Å². The molecule has 1 spiro atoms. The molecule has 0 unspecified atom stereocenters. The first-order valence-electron chi connectivity index (χ1n) is 18.0. The van der Waals surface area contributed by atoms with Crippen molar-refractivity contribution in [2.75, 3.05) is 41.4 Å². The lowest BCUT2D eigenvalue weighted by Crippen LogP contribution is -2.59. The highest BCUT2D eigenvalue weighted by atomic mass is 32.1. The van der Waals surface area contributed by atoms with Crippen molar-refractivity contribution < 1.29 is 19.1 Å². The Labute approximate surface area is 300 Å². The molecule has 2 aromatic carbocycles. The van der Waals surface area contributed by atoms with Crippen LogP contribution in [0.2, 0.25) is 0 Å². The maximum Gasteiger partial charge on any atom is 0.261 e. The monoisotopic (exact) mass is 700 g/mol. The molecule has 51 heavy (non-hydrogen) atoms. The third-order valence-electron chi connectivity index (χ3n) is 10.9. The number of hydrogen-bond acceptors (Lipinski definition) is 8. The van der Waals surface area contributed by atoms with Crippen LogP contribution in [-0.2, 0) is 4.74 Å². The van der Waals surface area contributed by atoms with E-state index < -0.39 is 0 Å². The van der Waals surface area contributed by atoms with E-state index in [4.69, 9.17) is 14.7 Å². The second-order valence-corrected chi connectivity index (χ2v) is 15.7. The number of nitrogens with one attached hydrogen (secondary N) is 2. The molecule has 2 N–H and O–H groups in total. The fourth-order valence-corrected chi connectivity index (χ4v) is 8.53. The molecule has 5 aliphatic rings. The average Bonchev–Trinajstić information content (AvgIpc) is 4.09. The first-order chi connectivity index (χ1) is 24.8. The number of benzene rings is 2. The van der Waals surface area contributed by atoms with Gasteiger partial charge in [-0.25, -0.2) is 9.98 Å². The topological polar surface area (TPSA) is 116 Å². The van der Waals surface area contributed by atoms with Crippen molar-refractivity contribution in [2.45, 2.75) is 63.5 Å². The van der Waals surface area contributed by atoms with Crippen LogP contribution in [-0.4, -0.2) is 66.8 Å². The molecule has 1 atom stereocenters. The normalized spacial score (nSPS) is 20.6. The molecule has 2 saturated heterocycles. The summed E-state index contributed by atoms with van der Waals surface area (Å²) in [6.45, 7) is 5.32. The summed E-state index contributed by atoms with van der Waals surface area (Å²) in [7, 11) is 0. The number of amides is 3. The van der Waals surface area contributed by atoms with Crippen molar-refractivity contribution >= 4 is 57.7 Å². The molecule has 2 aromatic heterocycles. The molecule has 4 fully saturated rings. The zero-order valence-corrected chi connectivity index (χ0v) is 29.4.